The van der Waals surface area contributed by atoms with Gasteiger partial charge >= 0.3 is 18.1 Å². The summed E-state index contributed by atoms with van der Waals surface area (Å²) in [5.41, 5.74) is 2.86. The molecule has 238 valence electrons. The van der Waals surface area contributed by atoms with Gasteiger partial charge in [-0.15, -0.1) is 0 Å². The minimum atomic E-state index is -5.62. The van der Waals surface area contributed by atoms with Crippen molar-refractivity contribution in [2.24, 2.45) is 0 Å². The van der Waals surface area contributed by atoms with Gasteiger partial charge in [-0.25, -0.2) is 18.7 Å². The molecule has 0 aliphatic carbocycles. The lowest BCUT2D eigenvalue weighted by Crippen LogP contribution is -2.60. The zero-order valence-corrected chi connectivity index (χ0v) is 25.1. The smallest absolute Gasteiger partial charge is 0.324 e. The Bertz CT molecular complexity index is 1380. The van der Waals surface area contributed by atoms with Crippen LogP contribution in [0, 0.1) is 0 Å². The summed E-state index contributed by atoms with van der Waals surface area (Å²) in [6, 6.07) is 11.0. The quantitative estimate of drug-likeness (QED) is 0.205. The second-order valence-corrected chi connectivity index (χ2v) is 13.5. The zero-order chi connectivity index (χ0) is 32.4. The van der Waals surface area contributed by atoms with Crippen LogP contribution in [0.2, 0.25) is 0 Å². The third kappa shape index (κ3) is 6.95. The first-order valence-electron chi connectivity index (χ1n) is 13.8. The van der Waals surface area contributed by atoms with Crippen LogP contribution in [0.1, 0.15) is 52.5 Å². The van der Waals surface area contributed by atoms with Crippen LogP contribution in [0.5, 0.6) is 0 Å². The topological polar surface area (TPSA) is 107 Å². The van der Waals surface area contributed by atoms with Gasteiger partial charge in [0.25, 0.3) is 5.91 Å². The Labute approximate surface area is 247 Å². The van der Waals surface area contributed by atoms with Gasteiger partial charge in [0.05, 0.1) is 4.90 Å². The molecule has 8 nitrogen and oxygen atoms in total. The SMILES string of the molecule is CC(C)N(C(=O)N1CCC(C(=O)NO)(S(=O)(=O)c2ccc(-c3ccc(CCC(F)(F)C(F)(F)F)cc3)cc2)CC1)C(C)C. The summed E-state index contributed by atoms with van der Waals surface area (Å²) in [6.07, 6.45) is -7.98. The number of likely N-dealkylation sites (tertiary alicyclic amines) is 1. The first-order chi connectivity index (χ1) is 19.9. The highest BCUT2D eigenvalue weighted by Crippen LogP contribution is 2.39. The molecule has 0 radical (unpaired) electrons. The molecule has 0 unspecified atom stereocenters. The molecule has 0 saturated carbocycles. The zero-order valence-electron chi connectivity index (χ0n) is 24.3. The average Bonchev–Trinajstić information content (AvgIpc) is 2.95. The first-order valence-corrected chi connectivity index (χ1v) is 15.3. The molecular weight excluding hydrogens is 597 g/mol. The molecule has 2 aromatic carbocycles. The van der Waals surface area contributed by atoms with Gasteiger partial charge in [0.15, 0.2) is 14.6 Å². The molecule has 1 fully saturated rings. The van der Waals surface area contributed by atoms with E-state index in [1.54, 1.807) is 4.90 Å². The Morgan fingerprint density at radius 1 is 0.907 bits per heavy atom. The van der Waals surface area contributed by atoms with Crippen molar-refractivity contribution >= 4 is 21.8 Å². The number of nitrogens with one attached hydrogen (secondary N) is 1. The van der Waals surface area contributed by atoms with Crippen molar-refractivity contribution in [2.75, 3.05) is 13.1 Å². The van der Waals surface area contributed by atoms with Crippen molar-refractivity contribution in [1.82, 2.24) is 15.3 Å². The summed E-state index contributed by atoms with van der Waals surface area (Å²) < 4.78 is 89.4. The number of carbonyl (C=O) groups excluding carboxylic acids is 2. The average molecular weight is 634 g/mol. The van der Waals surface area contributed by atoms with E-state index in [9.17, 15) is 45.2 Å². The minimum Gasteiger partial charge on any atom is -0.324 e. The Morgan fingerprint density at radius 2 is 1.37 bits per heavy atom. The number of sulfone groups is 1. The van der Waals surface area contributed by atoms with Crippen LogP contribution in [0.4, 0.5) is 26.7 Å². The molecule has 1 heterocycles. The fraction of sp³-hybridized carbons (Fsp3) is 0.517. The fourth-order valence-corrected chi connectivity index (χ4v) is 7.29. The number of benzene rings is 2. The molecule has 2 N–H and O–H groups in total. The number of halogens is 5. The van der Waals surface area contributed by atoms with E-state index in [1.165, 1.54) is 58.9 Å². The molecule has 0 bridgehead atoms. The lowest BCUT2D eigenvalue weighted by atomic mass is 9.95. The van der Waals surface area contributed by atoms with E-state index in [0.29, 0.717) is 11.1 Å². The summed E-state index contributed by atoms with van der Waals surface area (Å²) in [5.74, 6) is -5.90. The summed E-state index contributed by atoms with van der Waals surface area (Å²) in [5, 5.41) is 9.46. The van der Waals surface area contributed by atoms with E-state index >= 15 is 0 Å². The standard InChI is InChI=1S/C29H36F5N3O5S/c1-19(2)37(20(3)4)26(39)36-17-15-27(16-18-36,25(38)35-40)43(41,42)24-11-9-23(10-12-24)22-7-5-21(6-8-22)13-14-28(30,31)29(32,33)34/h5-12,19-20,40H,13-18H2,1-4H3,(H,35,38). The van der Waals surface area contributed by atoms with E-state index in [4.69, 9.17) is 0 Å². The fourth-order valence-electron chi connectivity index (χ4n) is 5.34. The van der Waals surface area contributed by atoms with Crippen LogP contribution < -0.4 is 5.48 Å². The van der Waals surface area contributed by atoms with Crippen molar-refractivity contribution in [3.05, 3.63) is 54.1 Å². The van der Waals surface area contributed by atoms with Crippen LogP contribution in [-0.4, -0.2) is 77.4 Å². The van der Waals surface area contributed by atoms with Gasteiger partial charge in [-0.1, -0.05) is 36.4 Å². The number of nitrogens with zero attached hydrogens (tertiary/aromatic N) is 2. The second kappa shape index (κ2) is 12.8. The largest absolute Gasteiger partial charge is 0.453 e. The van der Waals surface area contributed by atoms with Crippen LogP contribution in [0.25, 0.3) is 11.1 Å². The van der Waals surface area contributed by atoms with Crippen LogP contribution >= 0.6 is 0 Å². The number of amides is 3. The predicted octanol–water partition coefficient (Wildman–Crippen LogP) is 5.84. The maximum absolute atomic E-state index is 13.8. The van der Waals surface area contributed by atoms with Crippen LogP contribution in [0.3, 0.4) is 0 Å². The highest BCUT2D eigenvalue weighted by Gasteiger charge is 2.56. The molecule has 0 atom stereocenters. The highest BCUT2D eigenvalue weighted by atomic mass is 32.2. The van der Waals surface area contributed by atoms with Crippen molar-refractivity contribution in [1.29, 1.82) is 0 Å². The molecule has 43 heavy (non-hydrogen) atoms. The number of rotatable bonds is 9. The van der Waals surface area contributed by atoms with Gasteiger partial charge in [0.2, 0.25) is 0 Å². The molecule has 2 aromatic rings. The van der Waals surface area contributed by atoms with E-state index < -0.39 is 45.4 Å². The summed E-state index contributed by atoms with van der Waals surface area (Å²) in [7, 11) is -4.36. The number of urea groups is 1. The van der Waals surface area contributed by atoms with Gasteiger partial charge in [0.1, 0.15) is 0 Å². The second-order valence-electron chi connectivity index (χ2n) is 11.2. The number of hydroxylamine groups is 1. The van der Waals surface area contributed by atoms with Crippen molar-refractivity contribution < 1.29 is 45.2 Å². The molecule has 0 spiro atoms. The molecule has 1 aliphatic heterocycles. The first kappa shape index (κ1) is 34.2. The monoisotopic (exact) mass is 633 g/mol. The highest BCUT2D eigenvalue weighted by molar-refractivity contribution is 7.93. The molecule has 3 rings (SSSR count). The molecule has 14 heteroatoms. The summed E-state index contributed by atoms with van der Waals surface area (Å²) >= 11 is 0. The van der Waals surface area contributed by atoms with Crippen molar-refractivity contribution in [3.63, 3.8) is 0 Å². The van der Waals surface area contributed by atoms with E-state index in [0.717, 1.165) is 0 Å². The molecular formula is C29H36F5N3O5S. The Hall–Kier alpha value is -3.26. The van der Waals surface area contributed by atoms with E-state index in [-0.39, 0.29) is 54.5 Å². The Kier molecular flexibility index (Phi) is 10.2. The third-order valence-corrected chi connectivity index (χ3v) is 10.3. The van der Waals surface area contributed by atoms with Crippen molar-refractivity contribution in [3.8, 4) is 11.1 Å². The number of carbonyl (C=O) groups is 2. The maximum atomic E-state index is 13.8. The lowest BCUT2D eigenvalue weighted by Gasteiger charge is -2.42. The minimum absolute atomic E-state index is 0.0270. The molecule has 1 aliphatic rings. The van der Waals surface area contributed by atoms with Crippen molar-refractivity contribution in [2.45, 2.75) is 87.2 Å². The summed E-state index contributed by atoms with van der Waals surface area (Å²) in [6.45, 7) is 7.42. The Morgan fingerprint density at radius 3 is 1.79 bits per heavy atom. The number of aryl methyl sites for hydroxylation is 1. The molecule has 1 saturated heterocycles. The number of piperidine rings is 1. The van der Waals surface area contributed by atoms with Gasteiger partial charge in [-0.3, -0.25) is 10.0 Å². The van der Waals surface area contributed by atoms with E-state index in [2.05, 4.69) is 0 Å². The lowest BCUT2D eigenvalue weighted by molar-refractivity contribution is -0.284. The Balaban J connectivity index is 1.79. The third-order valence-electron chi connectivity index (χ3n) is 7.80. The number of hydrogen-bond acceptors (Lipinski definition) is 5. The number of alkyl halides is 5. The van der Waals surface area contributed by atoms with Gasteiger partial charge in [-0.05, 0) is 75.8 Å². The van der Waals surface area contributed by atoms with Crippen LogP contribution in [-0.2, 0) is 21.1 Å². The normalized spacial score (nSPS) is 16.0. The van der Waals surface area contributed by atoms with E-state index in [1.807, 2.05) is 27.7 Å². The van der Waals surface area contributed by atoms with Crippen LogP contribution in [0.15, 0.2) is 53.4 Å². The molecule has 0 aromatic heterocycles. The van der Waals surface area contributed by atoms with Gasteiger partial charge in [0, 0.05) is 31.6 Å². The number of hydrogen-bond donors (Lipinski definition) is 2. The van der Waals surface area contributed by atoms with Gasteiger partial charge < -0.3 is 9.80 Å². The van der Waals surface area contributed by atoms with Gasteiger partial charge in [-0.2, -0.15) is 22.0 Å². The molecule has 3 amide bonds. The summed E-state index contributed by atoms with van der Waals surface area (Å²) in [4.78, 5) is 29.0. The maximum Gasteiger partial charge on any atom is 0.453 e. The predicted molar refractivity (Wildman–Crippen MR) is 149 cm³/mol.